The summed E-state index contributed by atoms with van der Waals surface area (Å²) in [4.78, 5) is 12.4. The van der Waals surface area contributed by atoms with Crippen molar-refractivity contribution in [3.8, 4) is 0 Å². The fourth-order valence-corrected chi connectivity index (χ4v) is 3.60. The summed E-state index contributed by atoms with van der Waals surface area (Å²) in [6, 6.07) is 16.2. The van der Waals surface area contributed by atoms with E-state index in [0.29, 0.717) is 12.8 Å². The monoisotopic (exact) mass is 412 g/mol. The molecule has 160 valence electrons. The number of ketones is 1. The third kappa shape index (κ3) is 6.66. The van der Waals surface area contributed by atoms with E-state index in [-0.39, 0.29) is 5.78 Å². The summed E-state index contributed by atoms with van der Waals surface area (Å²) in [5, 5.41) is 3.07. The molecule has 0 bridgehead atoms. The highest BCUT2D eigenvalue weighted by Gasteiger charge is 2.15. The highest BCUT2D eigenvalue weighted by atomic mass is 16.1. The van der Waals surface area contributed by atoms with Crippen LogP contribution in [0.1, 0.15) is 48.4 Å². The van der Waals surface area contributed by atoms with Crippen LogP contribution < -0.4 is 11.1 Å². The first-order chi connectivity index (χ1) is 15.1. The largest absolute Gasteiger partial charge is 0.392 e. The zero-order valence-electron chi connectivity index (χ0n) is 18.5. The fraction of sp³-hybridized carbons (Fsp3) is 0.250. The molecule has 1 aliphatic rings. The molecule has 0 aromatic heterocycles. The second-order valence-electron chi connectivity index (χ2n) is 7.85. The lowest BCUT2D eigenvalue weighted by molar-refractivity contribution is -0.119. The molecule has 31 heavy (non-hydrogen) atoms. The molecule has 1 aliphatic carbocycles. The Bertz CT molecular complexity index is 992. The summed E-state index contributed by atoms with van der Waals surface area (Å²) < 4.78 is 0. The summed E-state index contributed by atoms with van der Waals surface area (Å²) >= 11 is 0. The van der Waals surface area contributed by atoms with E-state index in [1.54, 1.807) is 0 Å². The van der Waals surface area contributed by atoms with Crippen molar-refractivity contribution in [3.63, 3.8) is 0 Å². The van der Waals surface area contributed by atoms with E-state index >= 15 is 0 Å². The molecular weight excluding hydrogens is 380 g/mol. The van der Waals surface area contributed by atoms with Crippen LogP contribution in [0.25, 0.3) is 17.7 Å². The molecular formula is C28H32N2O. The molecule has 0 radical (unpaired) electrons. The first-order valence-corrected chi connectivity index (χ1v) is 10.9. The highest BCUT2D eigenvalue weighted by Crippen LogP contribution is 2.22. The van der Waals surface area contributed by atoms with Crippen LogP contribution in [-0.2, 0) is 11.2 Å². The average molecular weight is 413 g/mol. The number of hydrogen-bond acceptors (Lipinski definition) is 3. The normalized spacial score (nSPS) is 15.1. The van der Waals surface area contributed by atoms with Crippen LogP contribution in [0.4, 0.5) is 0 Å². The Kier molecular flexibility index (Phi) is 8.19. The van der Waals surface area contributed by atoms with Crippen LogP contribution in [0.3, 0.4) is 0 Å². The number of Topliss-reactive ketones (excluding diaryl/α,β-unsaturated/α-hetero) is 1. The van der Waals surface area contributed by atoms with Crippen LogP contribution in [0, 0.1) is 0 Å². The van der Waals surface area contributed by atoms with Crippen molar-refractivity contribution in [3.05, 3.63) is 101 Å². The molecule has 0 spiro atoms. The number of rotatable bonds is 9. The van der Waals surface area contributed by atoms with Crippen LogP contribution in [0.15, 0.2) is 78.5 Å². The van der Waals surface area contributed by atoms with Gasteiger partial charge in [-0.05, 0) is 47.6 Å². The molecule has 1 unspecified atom stereocenters. The fourth-order valence-electron chi connectivity index (χ4n) is 3.60. The lowest BCUT2D eigenvalue weighted by Crippen LogP contribution is -2.33. The molecule has 2 aromatic carbocycles. The molecule has 3 rings (SSSR count). The van der Waals surface area contributed by atoms with Gasteiger partial charge in [0.15, 0.2) is 5.78 Å². The van der Waals surface area contributed by atoms with Crippen LogP contribution >= 0.6 is 0 Å². The molecule has 3 N–H and O–H groups in total. The third-order valence-corrected chi connectivity index (χ3v) is 5.59. The van der Waals surface area contributed by atoms with Gasteiger partial charge in [-0.25, -0.2) is 0 Å². The van der Waals surface area contributed by atoms with Gasteiger partial charge in [0.1, 0.15) is 0 Å². The number of allylic oxidation sites excluding steroid dienone is 5. The predicted octanol–water partition coefficient (Wildman–Crippen LogP) is 5.54. The van der Waals surface area contributed by atoms with Gasteiger partial charge in [0, 0.05) is 25.6 Å². The van der Waals surface area contributed by atoms with Gasteiger partial charge in [-0.3, -0.25) is 4.79 Å². The van der Waals surface area contributed by atoms with Crippen molar-refractivity contribution in [2.45, 2.75) is 38.6 Å². The zero-order chi connectivity index (χ0) is 22.1. The molecule has 3 heteroatoms. The highest BCUT2D eigenvalue weighted by molar-refractivity contribution is 5.86. The maximum Gasteiger partial charge on any atom is 0.154 e. The van der Waals surface area contributed by atoms with E-state index in [0.717, 1.165) is 29.7 Å². The van der Waals surface area contributed by atoms with E-state index in [1.165, 1.54) is 16.7 Å². The minimum Gasteiger partial charge on any atom is -0.392 e. The Morgan fingerprint density at radius 3 is 2.23 bits per heavy atom. The quantitative estimate of drug-likeness (QED) is 0.532. The summed E-state index contributed by atoms with van der Waals surface area (Å²) in [5.41, 5.74) is 12.9. The van der Waals surface area contributed by atoms with Gasteiger partial charge in [0.2, 0.25) is 0 Å². The van der Waals surface area contributed by atoms with Gasteiger partial charge in [-0.2, -0.15) is 0 Å². The van der Waals surface area contributed by atoms with Gasteiger partial charge in [-0.15, -0.1) is 0 Å². The SMILES string of the molecule is C/C=C(/CC(N)C(=O)Cc1ccc(/C=C/c2ccc(C3=CCCC=C3)cc2)cc1)NC. The minimum atomic E-state index is -0.485. The maximum atomic E-state index is 12.4. The van der Waals surface area contributed by atoms with Gasteiger partial charge < -0.3 is 11.1 Å². The van der Waals surface area contributed by atoms with Crippen LogP contribution in [0.5, 0.6) is 0 Å². The number of nitrogens with one attached hydrogen (secondary N) is 1. The van der Waals surface area contributed by atoms with Crippen molar-refractivity contribution in [2.75, 3.05) is 7.05 Å². The number of carbonyl (C=O) groups is 1. The molecule has 0 amide bonds. The number of benzene rings is 2. The van der Waals surface area contributed by atoms with Gasteiger partial charge in [0.05, 0.1) is 6.04 Å². The van der Waals surface area contributed by atoms with E-state index in [1.807, 2.05) is 44.3 Å². The molecule has 0 aliphatic heterocycles. The standard InChI is InChI=1S/C28H32N2O/c1-3-26(30-2)20-27(29)28(31)19-23-13-11-21(12-14-23)9-10-22-15-17-25(18-16-22)24-7-5-4-6-8-24/h3,5,7-18,27,30H,4,6,19-20,29H2,1-2H3/b10-9+,26-3-. The Hall–Kier alpha value is -3.17. The molecule has 0 fully saturated rings. The van der Waals surface area contributed by atoms with E-state index in [9.17, 15) is 4.79 Å². The maximum absolute atomic E-state index is 12.4. The smallest absolute Gasteiger partial charge is 0.154 e. The lowest BCUT2D eigenvalue weighted by atomic mass is 9.98. The third-order valence-electron chi connectivity index (χ3n) is 5.59. The van der Waals surface area contributed by atoms with Gasteiger partial charge >= 0.3 is 0 Å². The Morgan fingerprint density at radius 1 is 1.03 bits per heavy atom. The Morgan fingerprint density at radius 2 is 1.68 bits per heavy atom. The molecule has 0 saturated heterocycles. The molecule has 0 heterocycles. The summed E-state index contributed by atoms with van der Waals surface area (Å²) in [6.07, 6.45) is 16.0. The molecule has 3 nitrogen and oxygen atoms in total. The minimum absolute atomic E-state index is 0.0564. The van der Waals surface area contributed by atoms with Crippen molar-refractivity contribution >= 4 is 23.5 Å². The van der Waals surface area contributed by atoms with Crippen LogP contribution in [-0.4, -0.2) is 18.9 Å². The van der Waals surface area contributed by atoms with Crippen molar-refractivity contribution in [2.24, 2.45) is 5.73 Å². The predicted molar refractivity (Wildman–Crippen MR) is 132 cm³/mol. The molecule has 2 aromatic rings. The summed E-state index contributed by atoms with van der Waals surface area (Å²) in [7, 11) is 1.85. The van der Waals surface area contributed by atoms with E-state index in [4.69, 9.17) is 5.73 Å². The second-order valence-corrected chi connectivity index (χ2v) is 7.85. The van der Waals surface area contributed by atoms with Crippen molar-refractivity contribution < 1.29 is 4.79 Å². The Balaban J connectivity index is 1.56. The number of hydrogen-bond donors (Lipinski definition) is 2. The first kappa shape index (κ1) is 22.5. The second kappa shape index (κ2) is 11.3. The van der Waals surface area contributed by atoms with E-state index in [2.05, 4.69) is 60.0 Å². The lowest BCUT2D eigenvalue weighted by Gasteiger charge is -2.13. The van der Waals surface area contributed by atoms with Crippen LogP contribution in [0.2, 0.25) is 0 Å². The average Bonchev–Trinajstić information content (AvgIpc) is 2.82. The van der Waals surface area contributed by atoms with Gasteiger partial charge in [-0.1, -0.05) is 85.0 Å². The molecule has 0 saturated carbocycles. The van der Waals surface area contributed by atoms with Crippen molar-refractivity contribution in [1.82, 2.24) is 5.32 Å². The zero-order valence-corrected chi connectivity index (χ0v) is 18.5. The number of carbonyl (C=O) groups excluding carboxylic acids is 1. The Labute approximate surface area is 186 Å². The molecule has 1 atom stereocenters. The first-order valence-electron chi connectivity index (χ1n) is 10.9. The summed E-state index contributed by atoms with van der Waals surface area (Å²) in [5.74, 6) is 0.0564. The topological polar surface area (TPSA) is 55.1 Å². The number of nitrogens with two attached hydrogens (primary N) is 1. The summed E-state index contributed by atoms with van der Waals surface area (Å²) in [6.45, 7) is 1.94. The van der Waals surface area contributed by atoms with E-state index < -0.39 is 6.04 Å². The van der Waals surface area contributed by atoms with Gasteiger partial charge in [0.25, 0.3) is 0 Å². The van der Waals surface area contributed by atoms with Crippen molar-refractivity contribution in [1.29, 1.82) is 0 Å².